The van der Waals surface area contributed by atoms with Crippen molar-refractivity contribution in [2.45, 2.75) is 19.4 Å². The van der Waals surface area contributed by atoms with Gasteiger partial charge < -0.3 is 4.74 Å². The third-order valence-corrected chi connectivity index (χ3v) is 4.62. The summed E-state index contributed by atoms with van der Waals surface area (Å²) in [5, 5.41) is 8.41. The molecule has 1 heterocycles. The van der Waals surface area contributed by atoms with Gasteiger partial charge in [-0.3, -0.25) is 0 Å². The van der Waals surface area contributed by atoms with Crippen LogP contribution in [0.25, 0.3) is 0 Å². The standard InChI is InChI=1S/C18H17Br2N3O/c19-15-8-9-18(17(20)11-15)24-10-4-7-16-13-23(22-21-16)12-14-5-2-1-3-6-14/h1-3,5-6,8-9,11,13H,4,7,10,12H2. The topological polar surface area (TPSA) is 39.9 Å². The summed E-state index contributed by atoms with van der Waals surface area (Å²) < 4.78 is 9.64. The molecule has 124 valence electrons. The zero-order valence-electron chi connectivity index (χ0n) is 13.0. The minimum atomic E-state index is 0.645. The number of hydrogen-bond acceptors (Lipinski definition) is 3. The average molecular weight is 451 g/mol. The lowest BCUT2D eigenvalue weighted by Crippen LogP contribution is -2.00. The molecule has 0 amide bonds. The molecule has 0 saturated heterocycles. The Morgan fingerprint density at radius 3 is 2.67 bits per heavy atom. The number of aryl methyl sites for hydroxylation is 1. The summed E-state index contributed by atoms with van der Waals surface area (Å²) in [4.78, 5) is 0. The molecule has 3 rings (SSSR count). The van der Waals surface area contributed by atoms with Crippen molar-refractivity contribution in [1.82, 2.24) is 15.0 Å². The fourth-order valence-corrected chi connectivity index (χ4v) is 3.49. The second-order valence-electron chi connectivity index (χ2n) is 5.42. The highest BCUT2D eigenvalue weighted by atomic mass is 79.9. The number of rotatable bonds is 7. The number of ether oxygens (including phenoxy) is 1. The molecule has 0 bridgehead atoms. The van der Waals surface area contributed by atoms with Gasteiger partial charge in [0, 0.05) is 10.7 Å². The number of halogens is 2. The summed E-state index contributed by atoms with van der Waals surface area (Å²) >= 11 is 6.93. The molecular formula is C18H17Br2N3O. The zero-order chi connectivity index (χ0) is 16.8. The van der Waals surface area contributed by atoms with Gasteiger partial charge in [-0.2, -0.15) is 0 Å². The van der Waals surface area contributed by atoms with Crippen LogP contribution in [0.3, 0.4) is 0 Å². The third kappa shape index (κ3) is 4.92. The van der Waals surface area contributed by atoms with E-state index >= 15 is 0 Å². The van der Waals surface area contributed by atoms with E-state index in [9.17, 15) is 0 Å². The summed E-state index contributed by atoms with van der Waals surface area (Å²) in [6.07, 6.45) is 3.75. The van der Waals surface area contributed by atoms with E-state index < -0.39 is 0 Å². The van der Waals surface area contributed by atoms with Crippen LogP contribution in [-0.2, 0) is 13.0 Å². The number of hydrogen-bond donors (Lipinski definition) is 0. The first-order chi connectivity index (χ1) is 11.7. The van der Waals surface area contributed by atoms with Crippen molar-refractivity contribution in [3.8, 4) is 5.75 Å². The Bertz CT molecular complexity index is 790. The normalized spacial score (nSPS) is 10.8. The first kappa shape index (κ1) is 17.2. The van der Waals surface area contributed by atoms with Gasteiger partial charge in [-0.25, -0.2) is 4.68 Å². The van der Waals surface area contributed by atoms with Crippen molar-refractivity contribution in [2.75, 3.05) is 6.61 Å². The molecule has 0 aliphatic heterocycles. The van der Waals surface area contributed by atoms with Crippen LogP contribution in [0.15, 0.2) is 63.7 Å². The van der Waals surface area contributed by atoms with E-state index in [0.29, 0.717) is 6.61 Å². The molecule has 6 heteroatoms. The van der Waals surface area contributed by atoms with E-state index in [1.54, 1.807) is 0 Å². The van der Waals surface area contributed by atoms with Crippen LogP contribution in [0.2, 0.25) is 0 Å². The molecule has 0 aliphatic carbocycles. The molecule has 0 fully saturated rings. The lowest BCUT2D eigenvalue weighted by Gasteiger charge is -2.07. The van der Waals surface area contributed by atoms with Crippen LogP contribution in [0.4, 0.5) is 0 Å². The van der Waals surface area contributed by atoms with E-state index in [1.807, 2.05) is 47.3 Å². The Kier molecular flexibility index (Phi) is 6.04. The van der Waals surface area contributed by atoms with Crippen molar-refractivity contribution < 1.29 is 4.74 Å². The van der Waals surface area contributed by atoms with Crippen LogP contribution < -0.4 is 4.74 Å². The fourth-order valence-electron chi connectivity index (χ4n) is 2.33. The van der Waals surface area contributed by atoms with Crippen molar-refractivity contribution >= 4 is 31.9 Å². The summed E-state index contributed by atoms with van der Waals surface area (Å²) in [6.45, 7) is 1.39. The minimum absolute atomic E-state index is 0.645. The SMILES string of the molecule is Brc1ccc(OCCCc2cn(Cc3ccccc3)nn2)c(Br)c1. The predicted octanol–water partition coefficient (Wildman–Crippen LogP) is 4.86. The molecule has 4 nitrogen and oxygen atoms in total. The maximum Gasteiger partial charge on any atom is 0.133 e. The van der Waals surface area contributed by atoms with Gasteiger partial charge in [0.2, 0.25) is 0 Å². The Labute approximate surface area is 158 Å². The average Bonchev–Trinajstić information content (AvgIpc) is 3.01. The lowest BCUT2D eigenvalue weighted by molar-refractivity contribution is 0.308. The zero-order valence-corrected chi connectivity index (χ0v) is 16.2. The summed E-state index contributed by atoms with van der Waals surface area (Å²) in [5.74, 6) is 0.853. The van der Waals surface area contributed by atoms with Gasteiger partial charge in [-0.05, 0) is 52.5 Å². The number of benzene rings is 2. The molecule has 0 radical (unpaired) electrons. The van der Waals surface area contributed by atoms with E-state index in [1.165, 1.54) is 5.56 Å². The molecule has 0 saturated carbocycles. The van der Waals surface area contributed by atoms with Crippen molar-refractivity contribution in [3.05, 3.63) is 74.9 Å². The van der Waals surface area contributed by atoms with Gasteiger partial charge >= 0.3 is 0 Å². The van der Waals surface area contributed by atoms with Crippen LogP contribution in [0, 0.1) is 0 Å². The molecule has 0 aliphatic rings. The maximum atomic E-state index is 5.79. The van der Waals surface area contributed by atoms with Crippen LogP contribution in [0.1, 0.15) is 17.7 Å². The molecule has 24 heavy (non-hydrogen) atoms. The number of nitrogens with zero attached hydrogens (tertiary/aromatic N) is 3. The number of aromatic nitrogens is 3. The van der Waals surface area contributed by atoms with Crippen LogP contribution in [0.5, 0.6) is 5.75 Å². The highest BCUT2D eigenvalue weighted by molar-refractivity contribution is 9.11. The fraction of sp³-hybridized carbons (Fsp3) is 0.222. The molecule has 0 N–H and O–H groups in total. The first-order valence-corrected chi connectivity index (χ1v) is 9.30. The van der Waals surface area contributed by atoms with E-state index in [0.717, 1.165) is 39.8 Å². The second-order valence-corrected chi connectivity index (χ2v) is 7.19. The molecule has 0 spiro atoms. The Balaban J connectivity index is 1.45. The maximum absolute atomic E-state index is 5.79. The van der Waals surface area contributed by atoms with Gasteiger partial charge in [0.25, 0.3) is 0 Å². The van der Waals surface area contributed by atoms with Crippen molar-refractivity contribution in [1.29, 1.82) is 0 Å². The highest BCUT2D eigenvalue weighted by Crippen LogP contribution is 2.28. The van der Waals surface area contributed by atoms with Crippen molar-refractivity contribution in [2.24, 2.45) is 0 Å². The minimum Gasteiger partial charge on any atom is -0.492 e. The molecule has 1 aromatic heterocycles. The monoisotopic (exact) mass is 449 g/mol. The third-order valence-electron chi connectivity index (χ3n) is 3.50. The summed E-state index contributed by atoms with van der Waals surface area (Å²) in [7, 11) is 0. The van der Waals surface area contributed by atoms with Crippen molar-refractivity contribution in [3.63, 3.8) is 0 Å². The second kappa shape index (κ2) is 8.44. The molecule has 0 atom stereocenters. The van der Waals surface area contributed by atoms with Crippen LogP contribution >= 0.6 is 31.9 Å². The summed E-state index contributed by atoms with van der Waals surface area (Å²) in [5.41, 5.74) is 2.21. The quantitative estimate of drug-likeness (QED) is 0.482. The molecular weight excluding hydrogens is 434 g/mol. The van der Waals surface area contributed by atoms with Gasteiger partial charge in [-0.1, -0.05) is 51.5 Å². The molecule has 3 aromatic rings. The summed E-state index contributed by atoms with van der Waals surface area (Å²) in [6, 6.07) is 16.1. The molecule has 2 aromatic carbocycles. The van der Waals surface area contributed by atoms with E-state index in [2.05, 4.69) is 54.3 Å². The lowest BCUT2D eigenvalue weighted by atomic mass is 10.2. The van der Waals surface area contributed by atoms with Crippen LogP contribution in [-0.4, -0.2) is 21.6 Å². The Morgan fingerprint density at radius 1 is 1.04 bits per heavy atom. The van der Waals surface area contributed by atoms with E-state index in [-0.39, 0.29) is 0 Å². The Hall–Kier alpha value is -1.66. The van der Waals surface area contributed by atoms with Gasteiger partial charge in [0.1, 0.15) is 5.75 Å². The smallest absolute Gasteiger partial charge is 0.133 e. The van der Waals surface area contributed by atoms with E-state index in [4.69, 9.17) is 4.74 Å². The van der Waals surface area contributed by atoms with Gasteiger partial charge in [0.15, 0.2) is 0 Å². The van der Waals surface area contributed by atoms with Gasteiger partial charge in [0.05, 0.1) is 23.3 Å². The highest BCUT2D eigenvalue weighted by Gasteiger charge is 2.04. The van der Waals surface area contributed by atoms with Gasteiger partial charge in [-0.15, -0.1) is 5.10 Å². The largest absolute Gasteiger partial charge is 0.492 e. The Morgan fingerprint density at radius 2 is 1.88 bits per heavy atom. The molecule has 0 unspecified atom stereocenters. The first-order valence-electron chi connectivity index (χ1n) is 7.71. The predicted molar refractivity (Wildman–Crippen MR) is 101 cm³/mol.